The molecule has 1 aromatic heterocycles. The van der Waals surface area contributed by atoms with Gasteiger partial charge in [-0.2, -0.15) is 0 Å². The van der Waals surface area contributed by atoms with Gasteiger partial charge >= 0.3 is 0 Å². The highest BCUT2D eigenvalue weighted by Crippen LogP contribution is 2.31. The molecule has 0 bridgehead atoms. The second kappa shape index (κ2) is 7.26. The average molecular weight is 368 g/mol. The van der Waals surface area contributed by atoms with Crippen molar-refractivity contribution in [1.82, 2.24) is 20.2 Å². The van der Waals surface area contributed by atoms with Gasteiger partial charge in [0.1, 0.15) is 0 Å². The predicted octanol–water partition coefficient (Wildman–Crippen LogP) is 3.75. The zero-order chi connectivity index (χ0) is 14.5. The second-order valence-corrected chi connectivity index (χ2v) is 7.02. The topological polar surface area (TPSA) is 55.6 Å². The molecule has 21 heavy (non-hydrogen) atoms. The molecule has 0 aliphatic heterocycles. The Morgan fingerprint density at radius 1 is 1.29 bits per heavy atom. The Morgan fingerprint density at radius 3 is 2.90 bits per heavy atom. The van der Waals surface area contributed by atoms with Gasteiger partial charge in [-0.15, -0.1) is 5.10 Å². The fraction of sp³-hybridized carbons (Fsp3) is 0.500. The molecule has 1 aromatic carbocycles. The number of aromatic nitrogens is 4. The zero-order valence-corrected chi connectivity index (χ0v) is 14.1. The van der Waals surface area contributed by atoms with Crippen LogP contribution in [0.5, 0.6) is 0 Å². The lowest BCUT2D eigenvalue weighted by Crippen LogP contribution is -2.10. The van der Waals surface area contributed by atoms with E-state index in [1.165, 1.54) is 25.7 Å². The third-order valence-corrected chi connectivity index (χ3v) is 5.28. The summed E-state index contributed by atoms with van der Waals surface area (Å²) in [6.45, 7) is 0.880. The molecule has 1 fully saturated rings. The van der Waals surface area contributed by atoms with Gasteiger partial charge in [0.05, 0.1) is 6.04 Å². The lowest BCUT2D eigenvalue weighted by atomic mass is 10.3. The fourth-order valence-electron chi connectivity index (χ4n) is 2.59. The maximum absolute atomic E-state index is 4.16. The Morgan fingerprint density at radius 2 is 2.10 bits per heavy atom. The van der Waals surface area contributed by atoms with Crippen LogP contribution in [-0.4, -0.2) is 32.5 Å². The minimum absolute atomic E-state index is 0.499. The molecule has 3 rings (SSSR count). The van der Waals surface area contributed by atoms with Gasteiger partial charge in [0.15, 0.2) is 0 Å². The molecule has 1 heterocycles. The molecule has 5 nitrogen and oxygen atoms in total. The molecular formula is C14H18BrN5S. The number of thioether (sulfide) groups is 1. The van der Waals surface area contributed by atoms with Crippen LogP contribution in [0.15, 0.2) is 33.9 Å². The van der Waals surface area contributed by atoms with E-state index in [-0.39, 0.29) is 0 Å². The number of para-hydroxylation sites is 1. The normalized spacial score (nSPS) is 15.5. The Kier molecular flexibility index (Phi) is 5.13. The molecule has 1 aliphatic carbocycles. The highest BCUT2D eigenvalue weighted by Gasteiger charge is 2.21. The van der Waals surface area contributed by atoms with E-state index in [1.54, 1.807) is 11.8 Å². The summed E-state index contributed by atoms with van der Waals surface area (Å²) in [4.78, 5) is 0. The first-order valence-corrected chi connectivity index (χ1v) is 9.01. The van der Waals surface area contributed by atoms with E-state index in [4.69, 9.17) is 0 Å². The SMILES string of the molecule is Brc1ccccc1NCCSc1nnnn1C1CCCC1. The molecule has 0 spiro atoms. The van der Waals surface area contributed by atoms with E-state index >= 15 is 0 Å². The Hall–Kier alpha value is -1.08. The fourth-order valence-corrected chi connectivity index (χ4v) is 3.81. The maximum Gasteiger partial charge on any atom is 0.209 e. The molecule has 0 atom stereocenters. The van der Waals surface area contributed by atoms with E-state index in [1.807, 2.05) is 22.9 Å². The van der Waals surface area contributed by atoms with Crippen LogP contribution in [0.4, 0.5) is 5.69 Å². The number of hydrogen-bond donors (Lipinski definition) is 1. The molecule has 1 aliphatic rings. The minimum Gasteiger partial charge on any atom is -0.383 e. The van der Waals surface area contributed by atoms with Gasteiger partial charge in [0.2, 0.25) is 5.16 Å². The third kappa shape index (κ3) is 3.77. The van der Waals surface area contributed by atoms with Crippen molar-refractivity contribution in [2.24, 2.45) is 0 Å². The summed E-state index contributed by atoms with van der Waals surface area (Å²) >= 11 is 5.25. The molecule has 0 radical (unpaired) electrons. The smallest absolute Gasteiger partial charge is 0.209 e. The van der Waals surface area contributed by atoms with Crippen molar-refractivity contribution in [1.29, 1.82) is 0 Å². The number of hydrogen-bond acceptors (Lipinski definition) is 5. The van der Waals surface area contributed by atoms with Crippen LogP contribution in [0.3, 0.4) is 0 Å². The van der Waals surface area contributed by atoms with E-state index in [0.29, 0.717) is 6.04 Å². The van der Waals surface area contributed by atoms with Crippen LogP contribution < -0.4 is 5.32 Å². The summed E-state index contributed by atoms with van der Waals surface area (Å²) < 4.78 is 3.10. The summed E-state index contributed by atoms with van der Waals surface area (Å²) in [5, 5.41) is 16.5. The average Bonchev–Trinajstić information content (AvgIpc) is 3.16. The summed E-state index contributed by atoms with van der Waals surface area (Å²) in [6, 6.07) is 8.65. The van der Waals surface area contributed by atoms with E-state index in [0.717, 1.165) is 27.6 Å². The van der Waals surface area contributed by atoms with Crippen LogP contribution in [0.2, 0.25) is 0 Å². The van der Waals surface area contributed by atoms with Gasteiger partial charge in [-0.25, -0.2) is 4.68 Å². The van der Waals surface area contributed by atoms with Crippen LogP contribution in [0, 0.1) is 0 Å². The number of halogens is 1. The van der Waals surface area contributed by atoms with Gasteiger partial charge in [-0.05, 0) is 51.3 Å². The van der Waals surface area contributed by atoms with Gasteiger partial charge in [-0.3, -0.25) is 0 Å². The van der Waals surface area contributed by atoms with Crippen molar-refractivity contribution >= 4 is 33.4 Å². The summed E-state index contributed by atoms with van der Waals surface area (Å²) in [5.74, 6) is 0.939. The highest BCUT2D eigenvalue weighted by molar-refractivity contribution is 9.10. The molecule has 2 aromatic rings. The second-order valence-electron chi connectivity index (χ2n) is 5.10. The van der Waals surface area contributed by atoms with Crippen molar-refractivity contribution < 1.29 is 0 Å². The number of tetrazole rings is 1. The van der Waals surface area contributed by atoms with Crippen molar-refractivity contribution in [3.05, 3.63) is 28.7 Å². The van der Waals surface area contributed by atoms with Crippen molar-refractivity contribution in [3.63, 3.8) is 0 Å². The molecule has 112 valence electrons. The van der Waals surface area contributed by atoms with E-state index in [9.17, 15) is 0 Å². The number of benzene rings is 1. The van der Waals surface area contributed by atoms with Gasteiger partial charge in [0, 0.05) is 22.5 Å². The molecule has 1 N–H and O–H groups in total. The van der Waals surface area contributed by atoms with E-state index < -0.39 is 0 Å². The lowest BCUT2D eigenvalue weighted by Gasteiger charge is -2.11. The minimum atomic E-state index is 0.499. The first kappa shape index (κ1) is 14.8. The molecule has 1 saturated carbocycles. The van der Waals surface area contributed by atoms with Crippen LogP contribution in [0.1, 0.15) is 31.7 Å². The summed E-state index contributed by atoms with van der Waals surface area (Å²) in [5.41, 5.74) is 1.12. The predicted molar refractivity (Wildman–Crippen MR) is 88.7 cm³/mol. The third-order valence-electron chi connectivity index (χ3n) is 3.66. The quantitative estimate of drug-likeness (QED) is 0.622. The Balaban J connectivity index is 1.50. The van der Waals surface area contributed by atoms with Gasteiger partial charge < -0.3 is 5.32 Å². The number of anilines is 1. The first-order chi connectivity index (χ1) is 10.3. The molecule has 7 heteroatoms. The largest absolute Gasteiger partial charge is 0.383 e. The van der Waals surface area contributed by atoms with Gasteiger partial charge in [0.25, 0.3) is 0 Å². The lowest BCUT2D eigenvalue weighted by molar-refractivity contribution is 0.423. The van der Waals surface area contributed by atoms with Crippen molar-refractivity contribution in [3.8, 4) is 0 Å². The monoisotopic (exact) mass is 367 g/mol. The maximum atomic E-state index is 4.16. The molecular weight excluding hydrogens is 350 g/mol. The number of rotatable bonds is 6. The molecule has 0 saturated heterocycles. The Bertz CT molecular complexity index is 582. The van der Waals surface area contributed by atoms with Crippen molar-refractivity contribution in [2.75, 3.05) is 17.6 Å². The molecule has 0 amide bonds. The van der Waals surface area contributed by atoms with Crippen LogP contribution in [-0.2, 0) is 0 Å². The highest BCUT2D eigenvalue weighted by atomic mass is 79.9. The van der Waals surface area contributed by atoms with Crippen molar-refractivity contribution in [2.45, 2.75) is 36.9 Å². The summed E-state index contributed by atoms with van der Waals surface area (Å²) in [6.07, 6.45) is 4.98. The number of nitrogens with zero attached hydrogens (tertiary/aromatic N) is 4. The first-order valence-electron chi connectivity index (χ1n) is 7.23. The zero-order valence-electron chi connectivity index (χ0n) is 11.7. The van der Waals surface area contributed by atoms with Gasteiger partial charge in [-0.1, -0.05) is 36.7 Å². The number of nitrogens with one attached hydrogen (secondary N) is 1. The molecule has 0 unspecified atom stereocenters. The van der Waals surface area contributed by atoms with E-state index in [2.05, 4.69) is 42.8 Å². The standard InChI is InChI=1S/C14H18BrN5S/c15-12-7-3-4-8-13(12)16-9-10-21-14-17-18-19-20(14)11-5-1-2-6-11/h3-4,7-8,11,16H,1-2,5-6,9-10H2. The summed E-state index contributed by atoms with van der Waals surface area (Å²) in [7, 11) is 0. The van der Waals surface area contributed by atoms with Crippen LogP contribution in [0.25, 0.3) is 0 Å². The van der Waals surface area contributed by atoms with Crippen LogP contribution >= 0.6 is 27.7 Å². The Labute approximate surface area is 137 Å².